The topological polar surface area (TPSA) is 93.3 Å². The van der Waals surface area contributed by atoms with Gasteiger partial charge >= 0.3 is 5.97 Å². The summed E-state index contributed by atoms with van der Waals surface area (Å²) in [6.45, 7) is 3.29. The number of aliphatic carboxylic acids is 1. The molecule has 6 heteroatoms. The van der Waals surface area contributed by atoms with Crippen molar-refractivity contribution in [2.75, 3.05) is 0 Å². The van der Waals surface area contributed by atoms with Gasteiger partial charge in [0.2, 0.25) is 5.91 Å². The van der Waals surface area contributed by atoms with Crippen LogP contribution >= 0.6 is 11.8 Å². The molecule has 0 saturated heterocycles. The van der Waals surface area contributed by atoms with Crippen LogP contribution in [0.2, 0.25) is 0 Å². The first-order valence-electron chi connectivity index (χ1n) is 6.58. The summed E-state index contributed by atoms with van der Waals surface area (Å²) in [5, 5.41) is 9.28. The largest absolute Gasteiger partial charge is 0.480 e. The summed E-state index contributed by atoms with van der Waals surface area (Å²) >= 11 is 1.23. The number of carboxylic acids is 1. The molecule has 0 fully saturated rings. The molecule has 0 atom stereocenters. The van der Waals surface area contributed by atoms with Crippen molar-refractivity contribution >= 4 is 23.6 Å². The molecule has 1 aromatic carbocycles. The molecule has 0 bridgehead atoms. The predicted octanol–water partition coefficient (Wildman–Crippen LogP) is 2.80. The highest BCUT2D eigenvalue weighted by Crippen LogP contribution is 2.38. The number of carbonyl (C=O) groups excluding carboxylic acids is 1. The van der Waals surface area contributed by atoms with Gasteiger partial charge in [-0.2, -0.15) is 0 Å². The van der Waals surface area contributed by atoms with Gasteiger partial charge in [0, 0.05) is 28.4 Å². The molecular formula is C16H16N2O3S. The molecule has 0 radical (unpaired) electrons. The molecule has 1 amide bonds. The summed E-state index contributed by atoms with van der Waals surface area (Å²) in [5.41, 5.74) is 7.24. The smallest absolute Gasteiger partial charge is 0.319 e. The summed E-state index contributed by atoms with van der Waals surface area (Å²) in [6, 6.07) is 8.65. The number of amides is 1. The zero-order valence-corrected chi connectivity index (χ0v) is 13.1. The number of pyridine rings is 1. The quantitative estimate of drug-likeness (QED) is 0.827. The number of aromatic nitrogens is 1. The number of nitrogens with zero attached hydrogens (tertiary/aromatic N) is 1. The van der Waals surface area contributed by atoms with Gasteiger partial charge in [-0.1, -0.05) is 12.1 Å². The van der Waals surface area contributed by atoms with Crippen LogP contribution in [-0.2, 0) is 4.79 Å². The highest BCUT2D eigenvalue weighted by molar-refractivity contribution is 8.01. The maximum Gasteiger partial charge on any atom is 0.319 e. The van der Waals surface area contributed by atoms with E-state index < -0.39 is 16.6 Å². The maximum atomic E-state index is 11.3. The molecule has 2 rings (SSSR count). The van der Waals surface area contributed by atoms with E-state index in [1.807, 2.05) is 6.07 Å². The fraction of sp³-hybridized carbons (Fsp3) is 0.188. The molecule has 0 aliphatic heterocycles. The summed E-state index contributed by atoms with van der Waals surface area (Å²) in [5.74, 6) is -1.41. The van der Waals surface area contributed by atoms with Gasteiger partial charge in [-0.05, 0) is 37.6 Å². The van der Waals surface area contributed by atoms with E-state index >= 15 is 0 Å². The first-order chi connectivity index (χ1) is 10.3. The molecule has 1 heterocycles. The Hall–Kier alpha value is -2.34. The maximum absolute atomic E-state index is 11.3. The van der Waals surface area contributed by atoms with Gasteiger partial charge in [-0.3, -0.25) is 14.6 Å². The number of primary amides is 1. The van der Waals surface area contributed by atoms with Gasteiger partial charge in [0.25, 0.3) is 0 Å². The number of hydrogen-bond acceptors (Lipinski definition) is 4. The highest BCUT2D eigenvalue weighted by Gasteiger charge is 2.29. The summed E-state index contributed by atoms with van der Waals surface area (Å²) in [6.07, 6.45) is 3.27. The fourth-order valence-corrected chi connectivity index (χ4v) is 2.89. The number of carbonyl (C=O) groups is 2. The second kappa shape index (κ2) is 6.19. The van der Waals surface area contributed by atoms with Crippen molar-refractivity contribution in [1.82, 2.24) is 4.98 Å². The number of rotatable bonds is 5. The monoisotopic (exact) mass is 316 g/mol. The van der Waals surface area contributed by atoms with Gasteiger partial charge < -0.3 is 10.8 Å². The lowest BCUT2D eigenvalue weighted by molar-refractivity contribution is -0.138. The fourth-order valence-electron chi connectivity index (χ4n) is 1.85. The zero-order chi connectivity index (χ0) is 16.3. The van der Waals surface area contributed by atoms with E-state index in [-0.39, 0.29) is 0 Å². The van der Waals surface area contributed by atoms with Crippen molar-refractivity contribution in [2.45, 2.75) is 23.5 Å². The molecule has 0 saturated carbocycles. The molecule has 1 aromatic heterocycles. The Labute approximate surface area is 132 Å². The van der Waals surface area contributed by atoms with Crippen molar-refractivity contribution in [2.24, 2.45) is 5.73 Å². The minimum Gasteiger partial charge on any atom is -0.480 e. The van der Waals surface area contributed by atoms with E-state index in [9.17, 15) is 14.7 Å². The van der Waals surface area contributed by atoms with E-state index in [2.05, 4.69) is 4.98 Å². The Morgan fingerprint density at radius 3 is 2.64 bits per heavy atom. The Morgan fingerprint density at radius 1 is 1.27 bits per heavy atom. The lowest BCUT2D eigenvalue weighted by Crippen LogP contribution is -2.27. The molecule has 3 N–H and O–H groups in total. The number of hydrogen-bond donors (Lipinski definition) is 2. The number of thioether (sulfide) groups is 1. The molecule has 114 valence electrons. The van der Waals surface area contributed by atoms with Crippen LogP contribution in [0.3, 0.4) is 0 Å². The van der Waals surface area contributed by atoms with Gasteiger partial charge in [-0.15, -0.1) is 11.8 Å². The SMILES string of the molecule is CC(C)(Sc1ccncc1-c1cccc(C(N)=O)c1)C(=O)O. The second-order valence-corrected chi connectivity index (χ2v) is 6.90. The minimum atomic E-state index is -0.975. The first kappa shape index (κ1) is 16.0. The Kier molecular flexibility index (Phi) is 4.51. The lowest BCUT2D eigenvalue weighted by Gasteiger charge is -2.20. The highest BCUT2D eigenvalue weighted by atomic mass is 32.2. The van der Waals surface area contributed by atoms with E-state index in [1.165, 1.54) is 11.8 Å². The van der Waals surface area contributed by atoms with Gasteiger partial charge in [0.05, 0.1) is 0 Å². The minimum absolute atomic E-state index is 0.398. The van der Waals surface area contributed by atoms with Crippen LogP contribution in [0.25, 0.3) is 11.1 Å². The number of carboxylic acid groups (broad SMARTS) is 1. The van der Waals surface area contributed by atoms with Crippen molar-refractivity contribution < 1.29 is 14.7 Å². The van der Waals surface area contributed by atoms with E-state index in [4.69, 9.17) is 5.73 Å². The van der Waals surface area contributed by atoms with Crippen molar-refractivity contribution in [3.8, 4) is 11.1 Å². The standard InChI is InChI=1S/C16H16N2O3S/c1-16(2,15(20)21)22-13-6-7-18-9-12(13)10-4-3-5-11(8-10)14(17)19/h3-9H,1-2H3,(H2,17,19)(H,20,21). The summed E-state index contributed by atoms with van der Waals surface area (Å²) in [7, 11) is 0. The van der Waals surface area contributed by atoms with Crippen LogP contribution in [-0.4, -0.2) is 26.7 Å². The molecule has 5 nitrogen and oxygen atoms in total. The second-order valence-electron chi connectivity index (χ2n) is 5.23. The first-order valence-corrected chi connectivity index (χ1v) is 7.39. The third-order valence-corrected chi connectivity index (χ3v) is 4.38. The molecule has 0 aliphatic carbocycles. The molecule has 0 spiro atoms. The molecule has 2 aromatic rings. The van der Waals surface area contributed by atoms with E-state index in [0.717, 1.165) is 16.0 Å². The van der Waals surface area contributed by atoms with Crippen LogP contribution in [0.4, 0.5) is 0 Å². The van der Waals surface area contributed by atoms with Crippen LogP contribution in [0.5, 0.6) is 0 Å². The van der Waals surface area contributed by atoms with E-state index in [0.29, 0.717) is 5.56 Å². The van der Waals surface area contributed by atoms with Crippen LogP contribution in [0.15, 0.2) is 47.6 Å². The average molecular weight is 316 g/mol. The molecule has 22 heavy (non-hydrogen) atoms. The van der Waals surface area contributed by atoms with Crippen molar-refractivity contribution in [3.05, 3.63) is 48.3 Å². The van der Waals surface area contributed by atoms with Crippen molar-refractivity contribution in [1.29, 1.82) is 0 Å². The third-order valence-electron chi connectivity index (χ3n) is 3.12. The summed E-state index contributed by atoms with van der Waals surface area (Å²) in [4.78, 5) is 27.5. The van der Waals surface area contributed by atoms with Gasteiger partial charge in [0.15, 0.2) is 0 Å². The Bertz CT molecular complexity index is 729. The normalized spacial score (nSPS) is 11.2. The number of benzene rings is 1. The van der Waals surface area contributed by atoms with Crippen LogP contribution in [0, 0.1) is 0 Å². The van der Waals surface area contributed by atoms with Crippen LogP contribution < -0.4 is 5.73 Å². The molecule has 0 unspecified atom stereocenters. The average Bonchev–Trinajstić information content (AvgIpc) is 2.47. The van der Waals surface area contributed by atoms with E-state index in [1.54, 1.807) is 50.5 Å². The molecule has 0 aliphatic rings. The van der Waals surface area contributed by atoms with Gasteiger partial charge in [0.1, 0.15) is 4.75 Å². The van der Waals surface area contributed by atoms with Crippen LogP contribution in [0.1, 0.15) is 24.2 Å². The summed E-state index contributed by atoms with van der Waals surface area (Å²) < 4.78 is -0.975. The van der Waals surface area contributed by atoms with Gasteiger partial charge in [-0.25, -0.2) is 0 Å². The molecular weight excluding hydrogens is 300 g/mol. The third kappa shape index (κ3) is 3.46. The Balaban J connectivity index is 2.47. The zero-order valence-electron chi connectivity index (χ0n) is 12.2. The predicted molar refractivity (Wildman–Crippen MR) is 85.8 cm³/mol. The number of nitrogens with two attached hydrogens (primary N) is 1. The lowest BCUT2D eigenvalue weighted by atomic mass is 10.0. The van der Waals surface area contributed by atoms with Crippen molar-refractivity contribution in [3.63, 3.8) is 0 Å². The Morgan fingerprint density at radius 2 is 2.00 bits per heavy atom.